The third kappa shape index (κ3) is 4.59. The van der Waals surface area contributed by atoms with Gasteiger partial charge in [0, 0.05) is 20.6 Å². The van der Waals surface area contributed by atoms with E-state index in [2.05, 4.69) is 4.74 Å². The molecule has 0 saturated carbocycles. The molecule has 0 aromatic heterocycles. The van der Waals surface area contributed by atoms with Crippen LogP contribution in [0.1, 0.15) is 12.8 Å². The molecule has 0 heterocycles. The maximum atomic E-state index is 11.2. The molecule has 0 aliphatic rings. The third-order valence-corrected chi connectivity index (χ3v) is 1.49. The van der Waals surface area contributed by atoms with Crippen molar-refractivity contribution in [3.63, 3.8) is 0 Å². The number of ketones is 1. The molecular formula is C8H14O5. The van der Waals surface area contributed by atoms with E-state index in [-0.39, 0.29) is 18.6 Å². The highest BCUT2D eigenvalue weighted by Gasteiger charge is 2.17. The lowest BCUT2D eigenvalue weighted by molar-refractivity contribution is -0.158. The Labute approximate surface area is 77.0 Å². The van der Waals surface area contributed by atoms with E-state index in [0.29, 0.717) is 0 Å². The fourth-order valence-electron chi connectivity index (χ4n) is 0.804. The van der Waals surface area contributed by atoms with Gasteiger partial charge < -0.3 is 14.2 Å². The van der Waals surface area contributed by atoms with Gasteiger partial charge in [-0.1, -0.05) is 0 Å². The Morgan fingerprint density at radius 2 is 1.62 bits per heavy atom. The SMILES string of the molecule is COC(=O)CCC(=O)C(OC)OC. The highest BCUT2D eigenvalue weighted by Crippen LogP contribution is 2.01. The topological polar surface area (TPSA) is 61.8 Å². The summed E-state index contributed by atoms with van der Waals surface area (Å²) in [4.78, 5) is 21.8. The van der Waals surface area contributed by atoms with Gasteiger partial charge in [-0.25, -0.2) is 0 Å². The van der Waals surface area contributed by atoms with Gasteiger partial charge in [-0.2, -0.15) is 0 Å². The first-order valence-corrected chi connectivity index (χ1v) is 3.80. The molecule has 0 aliphatic heterocycles. The van der Waals surface area contributed by atoms with Gasteiger partial charge in [0.05, 0.1) is 13.5 Å². The molecule has 0 unspecified atom stereocenters. The van der Waals surface area contributed by atoms with Crippen molar-refractivity contribution in [2.24, 2.45) is 0 Å². The van der Waals surface area contributed by atoms with Gasteiger partial charge in [-0.3, -0.25) is 9.59 Å². The van der Waals surface area contributed by atoms with E-state index >= 15 is 0 Å². The number of hydrogen-bond acceptors (Lipinski definition) is 5. The highest BCUT2D eigenvalue weighted by atomic mass is 16.7. The Balaban J connectivity index is 3.79. The van der Waals surface area contributed by atoms with Gasteiger partial charge in [0.15, 0.2) is 5.78 Å². The molecule has 76 valence electrons. The van der Waals surface area contributed by atoms with Gasteiger partial charge in [-0.05, 0) is 0 Å². The van der Waals surface area contributed by atoms with Crippen molar-refractivity contribution >= 4 is 11.8 Å². The molecule has 0 atom stereocenters. The lowest BCUT2D eigenvalue weighted by atomic mass is 10.2. The molecule has 0 aliphatic carbocycles. The summed E-state index contributed by atoms with van der Waals surface area (Å²) < 4.78 is 13.8. The zero-order chi connectivity index (χ0) is 10.3. The zero-order valence-electron chi connectivity index (χ0n) is 8.03. The van der Waals surface area contributed by atoms with Crippen molar-refractivity contribution in [3.05, 3.63) is 0 Å². The average molecular weight is 190 g/mol. The van der Waals surface area contributed by atoms with E-state index in [9.17, 15) is 9.59 Å². The van der Waals surface area contributed by atoms with Crippen LogP contribution >= 0.6 is 0 Å². The summed E-state index contributed by atoms with van der Waals surface area (Å²) in [5.74, 6) is -0.685. The fraction of sp³-hybridized carbons (Fsp3) is 0.750. The van der Waals surface area contributed by atoms with Crippen molar-refractivity contribution in [3.8, 4) is 0 Å². The van der Waals surface area contributed by atoms with Crippen LogP contribution in [-0.4, -0.2) is 39.4 Å². The van der Waals surface area contributed by atoms with E-state index in [4.69, 9.17) is 9.47 Å². The first kappa shape index (κ1) is 12.1. The second kappa shape index (κ2) is 6.56. The van der Waals surface area contributed by atoms with Crippen LogP contribution in [0.4, 0.5) is 0 Å². The minimum Gasteiger partial charge on any atom is -0.469 e. The quantitative estimate of drug-likeness (QED) is 0.440. The lowest BCUT2D eigenvalue weighted by Crippen LogP contribution is -2.25. The molecule has 0 spiro atoms. The predicted molar refractivity (Wildman–Crippen MR) is 44.1 cm³/mol. The number of Topliss-reactive ketones (excluding diaryl/α,β-unsaturated/α-hetero) is 1. The number of rotatable bonds is 6. The standard InChI is InChI=1S/C8H14O5/c1-11-7(10)5-4-6(9)8(12-2)13-3/h8H,4-5H2,1-3H3. The molecular weight excluding hydrogens is 176 g/mol. The molecule has 0 saturated heterocycles. The normalized spacial score (nSPS) is 10.2. The molecule has 0 rings (SSSR count). The first-order chi connectivity index (χ1) is 6.15. The smallest absolute Gasteiger partial charge is 0.305 e. The number of carbonyl (C=O) groups is 2. The van der Waals surface area contributed by atoms with Crippen molar-refractivity contribution in [2.75, 3.05) is 21.3 Å². The van der Waals surface area contributed by atoms with Crippen molar-refractivity contribution in [2.45, 2.75) is 19.1 Å². The molecule has 0 bridgehead atoms. The van der Waals surface area contributed by atoms with Crippen molar-refractivity contribution in [1.29, 1.82) is 0 Å². The highest BCUT2D eigenvalue weighted by molar-refractivity contribution is 5.85. The van der Waals surface area contributed by atoms with Gasteiger partial charge in [-0.15, -0.1) is 0 Å². The lowest BCUT2D eigenvalue weighted by Gasteiger charge is -2.10. The summed E-state index contributed by atoms with van der Waals surface area (Å²) in [7, 11) is 4.01. The monoisotopic (exact) mass is 190 g/mol. The summed E-state index contributed by atoms with van der Waals surface area (Å²) in [6.45, 7) is 0. The van der Waals surface area contributed by atoms with Crippen LogP contribution in [0, 0.1) is 0 Å². The molecule has 0 aromatic carbocycles. The largest absolute Gasteiger partial charge is 0.469 e. The third-order valence-electron chi connectivity index (χ3n) is 1.49. The maximum absolute atomic E-state index is 11.2. The Morgan fingerprint density at radius 3 is 2.00 bits per heavy atom. The maximum Gasteiger partial charge on any atom is 0.305 e. The summed E-state index contributed by atoms with van der Waals surface area (Å²) in [5, 5.41) is 0. The number of hydrogen-bond donors (Lipinski definition) is 0. The van der Waals surface area contributed by atoms with Gasteiger partial charge in [0.2, 0.25) is 6.29 Å². The number of methoxy groups -OCH3 is 3. The van der Waals surface area contributed by atoms with Crippen molar-refractivity contribution < 1.29 is 23.8 Å². The summed E-state index contributed by atoms with van der Waals surface area (Å²) >= 11 is 0. The summed E-state index contributed by atoms with van der Waals surface area (Å²) in [6.07, 6.45) is -0.762. The van der Waals surface area contributed by atoms with Crippen LogP contribution < -0.4 is 0 Å². The average Bonchev–Trinajstić information content (AvgIpc) is 2.16. The molecule has 0 fully saturated rings. The Morgan fingerprint density at radius 1 is 1.08 bits per heavy atom. The second-order valence-corrected chi connectivity index (χ2v) is 2.35. The number of esters is 1. The minimum atomic E-state index is -0.885. The van der Waals surface area contributed by atoms with E-state index in [1.165, 1.54) is 21.3 Å². The zero-order valence-corrected chi connectivity index (χ0v) is 8.03. The Kier molecular flexibility index (Phi) is 6.09. The molecule has 5 heteroatoms. The summed E-state index contributed by atoms with van der Waals surface area (Å²) in [5.41, 5.74) is 0. The molecule has 0 aromatic rings. The van der Waals surface area contributed by atoms with Gasteiger partial charge >= 0.3 is 5.97 Å². The minimum absolute atomic E-state index is 0.0541. The van der Waals surface area contributed by atoms with E-state index in [1.807, 2.05) is 0 Å². The van der Waals surface area contributed by atoms with Gasteiger partial charge in [0.25, 0.3) is 0 Å². The van der Waals surface area contributed by atoms with Crippen molar-refractivity contribution in [1.82, 2.24) is 0 Å². The molecule has 13 heavy (non-hydrogen) atoms. The van der Waals surface area contributed by atoms with Crippen LogP contribution in [0.15, 0.2) is 0 Å². The van der Waals surface area contributed by atoms with Crippen LogP contribution in [-0.2, 0) is 23.8 Å². The Hall–Kier alpha value is -0.940. The van der Waals surface area contributed by atoms with E-state index in [0.717, 1.165) is 0 Å². The number of carbonyl (C=O) groups excluding carboxylic acids is 2. The van der Waals surface area contributed by atoms with Gasteiger partial charge in [0.1, 0.15) is 0 Å². The van der Waals surface area contributed by atoms with Crippen LogP contribution in [0.25, 0.3) is 0 Å². The molecule has 0 radical (unpaired) electrons. The Bertz CT molecular complexity index is 173. The van der Waals surface area contributed by atoms with Crippen LogP contribution in [0.5, 0.6) is 0 Å². The predicted octanol–water partition coefficient (Wildman–Crippen LogP) is 0.128. The second-order valence-electron chi connectivity index (χ2n) is 2.35. The van der Waals surface area contributed by atoms with E-state index in [1.54, 1.807) is 0 Å². The first-order valence-electron chi connectivity index (χ1n) is 3.80. The fourth-order valence-corrected chi connectivity index (χ4v) is 0.804. The molecule has 0 N–H and O–H groups in total. The van der Waals surface area contributed by atoms with E-state index < -0.39 is 12.3 Å². The molecule has 0 amide bonds. The van der Waals surface area contributed by atoms with Crippen LogP contribution in [0.3, 0.4) is 0 Å². The van der Waals surface area contributed by atoms with Crippen LogP contribution in [0.2, 0.25) is 0 Å². The molecule has 5 nitrogen and oxygen atoms in total. The number of ether oxygens (including phenoxy) is 3. The summed E-state index contributed by atoms with van der Waals surface area (Å²) in [6, 6.07) is 0.